The first kappa shape index (κ1) is 22.3. The second-order valence-electron chi connectivity index (χ2n) is 8.31. The van der Waals surface area contributed by atoms with Gasteiger partial charge in [0.15, 0.2) is 0 Å². The molecular formula is C23H30N2O4S. The van der Waals surface area contributed by atoms with Crippen molar-refractivity contribution in [1.82, 2.24) is 9.62 Å². The SMILES string of the molecule is COc1cccc(CNC(=O)C2(C)CCCN(S(=O)(=O)c3ccc(C)cc3C)C2)c1. The smallest absolute Gasteiger partial charge is 0.243 e. The molecule has 1 saturated heterocycles. The first-order chi connectivity index (χ1) is 14.2. The molecule has 2 aromatic rings. The predicted molar refractivity (Wildman–Crippen MR) is 117 cm³/mol. The summed E-state index contributed by atoms with van der Waals surface area (Å²) in [7, 11) is -2.05. The van der Waals surface area contributed by atoms with Crippen LogP contribution in [0.1, 0.15) is 36.5 Å². The summed E-state index contributed by atoms with van der Waals surface area (Å²) in [4.78, 5) is 13.3. The Hall–Kier alpha value is -2.38. The van der Waals surface area contributed by atoms with E-state index in [1.54, 1.807) is 13.2 Å². The number of methoxy groups -OCH3 is 1. The van der Waals surface area contributed by atoms with Crippen molar-refractivity contribution < 1.29 is 17.9 Å². The van der Waals surface area contributed by atoms with E-state index in [4.69, 9.17) is 4.74 Å². The highest BCUT2D eigenvalue weighted by Gasteiger charge is 2.42. The Bertz CT molecular complexity index is 1040. The van der Waals surface area contributed by atoms with Gasteiger partial charge in [-0.2, -0.15) is 4.31 Å². The molecule has 1 heterocycles. The van der Waals surface area contributed by atoms with Crippen molar-refractivity contribution in [3.63, 3.8) is 0 Å². The van der Waals surface area contributed by atoms with Gasteiger partial charge in [0.25, 0.3) is 0 Å². The quantitative estimate of drug-likeness (QED) is 0.762. The fourth-order valence-corrected chi connectivity index (χ4v) is 5.80. The molecule has 0 aromatic heterocycles. The second kappa shape index (κ2) is 8.78. The number of aryl methyl sites for hydroxylation is 2. The van der Waals surface area contributed by atoms with Crippen molar-refractivity contribution >= 4 is 15.9 Å². The normalized spacial score (nSPS) is 20.0. The van der Waals surface area contributed by atoms with Gasteiger partial charge in [0.05, 0.1) is 17.4 Å². The van der Waals surface area contributed by atoms with Crippen molar-refractivity contribution in [2.45, 2.75) is 45.1 Å². The lowest BCUT2D eigenvalue weighted by Crippen LogP contribution is -2.51. The monoisotopic (exact) mass is 430 g/mol. The lowest BCUT2D eigenvalue weighted by molar-refractivity contribution is -0.132. The van der Waals surface area contributed by atoms with Crippen LogP contribution in [0.4, 0.5) is 0 Å². The summed E-state index contributed by atoms with van der Waals surface area (Å²) in [6, 6.07) is 12.9. The highest BCUT2D eigenvalue weighted by molar-refractivity contribution is 7.89. The van der Waals surface area contributed by atoms with Crippen molar-refractivity contribution in [3.8, 4) is 5.75 Å². The lowest BCUT2D eigenvalue weighted by atomic mass is 9.82. The first-order valence-electron chi connectivity index (χ1n) is 10.1. The van der Waals surface area contributed by atoms with Gasteiger partial charge in [-0.15, -0.1) is 0 Å². The molecule has 1 aliphatic rings. The van der Waals surface area contributed by atoms with Crippen LogP contribution in [0.5, 0.6) is 5.75 Å². The maximum absolute atomic E-state index is 13.3. The van der Waals surface area contributed by atoms with E-state index >= 15 is 0 Å². The molecule has 1 unspecified atom stereocenters. The Labute approximate surface area is 179 Å². The molecule has 1 atom stereocenters. The topological polar surface area (TPSA) is 75.7 Å². The summed E-state index contributed by atoms with van der Waals surface area (Å²) < 4.78 is 33.2. The summed E-state index contributed by atoms with van der Waals surface area (Å²) >= 11 is 0. The van der Waals surface area contributed by atoms with Gasteiger partial charge >= 0.3 is 0 Å². The van der Waals surface area contributed by atoms with Crippen molar-refractivity contribution in [1.29, 1.82) is 0 Å². The van der Waals surface area contributed by atoms with E-state index in [1.165, 1.54) is 4.31 Å². The van der Waals surface area contributed by atoms with Crippen LogP contribution in [0.2, 0.25) is 0 Å². The molecule has 7 heteroatoms. The summed E-state index contributed by atoms with van der Waals surface area (Å²) in [6.45, 7) is 6.56. The number of nitrogens with zero attached hydrogens (tertiary/aromatic N) is 1. The van der Waals surface area contributed by atoms with Gasteiger partial charge < -0.3 is 10.1 Å². The Morgan fingerprint density at radius 2 is 1.97 bits per heavy atom. The third kappa shape index (κ3) is 4.68. The Morgan fingerprint density at radius 3 is 2.67 bits per heavy atom. The molecule has 6 nitrogen and oxygen atoms in total. The molecular weight excluding hydrogens is 400 g/mol. The summed E-state index contributed by atoms with van der Waals surface area (Å²) in [6.07, 6.45) is 1.29. The largest absolute Gasteiger partial charge is 0.497 e. The molecule has 0 aliphatic carbocycles. The van der Waals surface area contributed by atoms with Gasteiger partial charge in [-0.05, 0) is 62.9 Å². The third-order valence-corrected chi connectivity index (χ3v) is 7.75. The van der Waals surface area contributed by atoms with E-state index in [1.807, 2.05) is 57.2 Å². The summed E-state index contributed by atoms with van der Waals surface area (Å²) in [5, 5.41) is 2.98. The summed E-state index contributed by atoms with van der Waals surface area (Å²) in [5.74, 6) is 0.599. The Kier molecular flexibility index (Phi) is 6.53. The number of sulfonamides is 1. The average molecular weight is 431 g/mol. The molecule has 1 amide bonds. The van der Waals surface area contributed by atoms with E-state index < -0.39 is 15.4 Å². The molecule has 0 radical (unpaired) electrons. The van der Waals surface area contributed by atoms with Gasteiger partial charge in [0.1, 0.15) is 5.75 Å². The average Bonchev–Trinajstić information content (AvgIpc) is 2.72. The van der Waals surface area contributed by atoms with Gasteiger partial charge in [0.2, 0.25) is 15.9 Å². The highest BCUT2D eigenvalue weighted by Crippen LogP contribution is 2.33. The number of carbonyl (C=O) groups is 1. The standard InChI is InChI=1S/C23H30N2O4S/c1-17-9-10-21(18(2)13-17)30(27,28)25-12-6-11-23(3,16-25)22(26)24-15-19-7-5-8-20(14-19)29-4/h5,7-10,13-14H,6,11-12,15-16H2,1-4H3,(H,24,26). The molecule has 0 spiro atoms. The number of amides is 1. The first-order valence-corrected chi connectivity index (χ1v) is 11.6. The minimum Gasteiger partial charge on any atom is -0.497 e. The predicted octanol–water partition coefficient (Wildman–Crippen LogP) is 3.42. The van der Waals surface area contributed by atoms with E-state index in [0.717, 1.165) is 22.4 Å². The molecule has 0 bridgehead atoms. The zero-order chi connectivity index (χ0) is 21.9. The lowest BCUT2D eigenvalue weighted by Gasteiger charge is -2.38. The van der Waals surface area contributed by atoms with Crippen LogP contribution in [0.3, 0.4) is 0 Å². The molecule has 3 rings (SSSR count). The molecule has 1 aliphatic heterocycles. The maximum Gasteiger partial charge on any atom is 0.243 e. The van der Waals surface area contributed by atoms with Gasteiger partial charge in [-0.1, -0.05) is 29.8 Å². The van der Waals surface area contributed by atoms with Crippen molar-refractivity contribution in [2.24, 2.45) is 5.41 Å². The molecule has 2 aromatic carbocycles. The number of hydrogen-bond acceptors (Lipinski definition) is 4. The minimum atomic E-state index is -3.65. The van der Waals surface area contributed by atoms with Crippen molar-refractivity contribution in [3.05, 3.63) is 59.2 Å². The van der Waals surface area contributed by atoms with Crippen molar-refractivity contribution in [2.75, 3.05) is 20.2 Å². The fourth-order valence-electron chi connectivity index (χ4n) is 3.99. The number of carbonyl (C=O) groups excluding carboxylic acids is 1. The molecule has 0 saturated carbocycles. The minimum absolute atomic E-state index is 0.133. The Morgan fingerprint density at radius 1 is 1.20 bits per heavy atom. The van der Waals surface area contributed by atoms with Crippen LogP contribution < -0.4 is 10.1 Å². The van der Waals surface area contributed by atoms with E-state index in [9.17, 15) is 13.2 Å². The fraction of sp³-hybridized carbons (Fsp3) is 0.435. The number of ether oxygens (including phenoxy) is 1. The number of nitrogens with one attached hydrogen (secondary N) is 1. The van der Waals surface area contributed by atoms with Gasteiger partial charge in [0, 0.05) is 19.6 Å². The van der Waals surface area contributed by atoms with Crippen LogP contribution in [0, 0.1) is 19.3 Å². The number of hydrogen-bond donors (Lipinski definition) is 1. The van der Waals surface area contributed by atoms with Gasteiger partial charge in [-0.3, -0.25) is 4.79 Å². The zero-order valence-electron chi connectivity index (χ0n) is 18.1. The number of rotatable bonds is 6. The van der Waals surface area contributed by atoms with Crippen LogP contribution >= 0.6 is 0 Å². The summed E-state index contributed by atoms with van der Waals surface area (Å²) in [5.41, 5.74) is 1.90. The number of piperidine rings is 1. The molecule has 162 valence electrons. The number of benzene rings is 2. The Balaban J connectivity index is 1.73. The molecule has 1 fully saturated rings. The molecule has 30 heavy (non-hydrogen) atoms. The van der Waals surface area contributed by atoms with Crippen LogP contribution in [-0.2, 0) is 21.4 Å². The van der Waals surface area contributed by atoms with E-state index in [-0.39, 0.29) is 12.5 Å². The van der Waals surface area contributed by atoms with E-state index in [2.05, 4.69) is 5.32 Å². The maximum atomic E-state index is 13.3. The molecule has 1 N–H and O–H groups in total. The van der Waals surface area contributed by atoms with E-state index in [0.29, 0.717) is 30.8 Å². The van der Waals surface area contributed by atoms with Crippen LogP contribution in [0.15, 0.2) is 47.4 Å². The zero-order valence-corrected chi connectivity index (χ0v) is 18.9. The van der Waals surface area contributed by atoms with Crippen LogP contribution in [-0.4, -0.2) is 38.8 Å². The third-order valence-electron chi connectivity index (χ3n) is 5.75. The highest BCUT2D eigenvalue weighted by atomic mass is 32.2. The van der Waals surface area contributed by atoms with Crippen LogP contribution in [0.25, 0.3) is 0 Å². The second-order valence-corrected chi connectivity index (χ2v) is 10.2. The van der Waals surface area contributed by atoms with Gasteiger partial charge in [-0.25, -0.2) is 8.42 Å².